The maximum Gasteiger partial charge on any atom is 0.204 e. The smallest absolute Gasteiger partial charge is 0.204 e. The Hall–Kier alpha value is -2.89. The van der Waals surface area contributed by atoms with Gasteiger partial charge in [-0.15, -0.1) is 10.2 Å². The molecule has 1 atom stereocenters. The van der Waals surface area contributed by atoms with Crippen LogP contribution in [0.2, 0.25) is 0 Å². The SMILES string of the molecule is COc1cccc(OC)c1-n1c(CS(=O)(=O)[C@@H](C)C2(O)COC2)nnc1-c1ccc(C)o1. The maximum atomic E-state index is 13.2. The lowest BCUT2D eigenvalue weighted by molar-refractivity contribution is -0.176. The molecule has 3 heterocycles. The van der Waals surface area contributed by atoms with Crippen LogP contribution in [0.25, 0.3) is 17.3 Å². The molecule has 0 aliphatic carbocycles. The average molecular weight is 464 g/mol. The molecule has 1 aliphatic heterocycles. The van der Waals surface area contributed by atoms with E-state index in [9.17, 15) is 13.5 Å². The minimum absolute atomic E-state index is 0.0304. The predicted octanol–water partition coefficient (Wildman–Crippen LogP) is 1.92. The number of para-hydroxylation sites is 1. The third-order valence-corrected chi connectivity index (χ3v) is 7.82. The van der Waals surface area contributed by atoms with E-state index in [2.05, 4.69) is 10.2 Å². The lowest BCUT2D eigenvalue weighted by Gasteiger charge is -2.40. The summed E-state index contributed by atoms with van der Waals surface area (Å²) >= 11 is 0. The van der Waals surface area contributed by atoms with Crippen molar-refractivity contribution in [3.05, 3.63) is 41.9 Å². The molecule has 4 rings (SSSR count). The molecule has 0 amide bonds. The number of ether oxygens (including phenoxy) is 3. The van der Waals surface area contributed by atoms with Crippen molar-refractivity contribution in [3.63, 3.8) is 0 Å². The van der Waals surface area contributed by atoms with E-state index in [0.29, 0.717) is 34.5 Å². The number of methoxy groups -OCH3 is 2. The molecule has 32 heavy (non-hydrogen) atoms. The molecule has 10 nitrogen and oxygen atoms in total. The maximum absolute atomic E-state index is 13.2. The summed E-state index contributed by atoms with van der Waals surface area (Å²) in [5, 5.41) is 17.9. The molecule has 1 saturated heterocycles. The van der Waals surface area contributed by atoms with Gasteiger partial charge in [-0.2, -0.15) is 0 Å². The Bertz CT molecular complexity index is 1210. The van der Waals surface area contributed by atoms with Crippen LogP contribution in [-0.2, 0) is 20.3 Å². The van der Waals surface area contributed by atoms with Gasteiger partial charge in [0.1, 0.15) is 34.3 Å². The quantitative estimate of drug-likeness (QED) is 0.533. The Morgan fingerprint density at radius 1 is 1.16 bits per heavy atom. The first kappa shape index (κ1) is 22.3. The standard InChI is InChI=1S/C21H25N3O7S/c1-13-8-9-17(31-13)20-23-22-18(10-32(26,27)14(2)21(25)11-30-12-21)24(20)19-15(28-3)6-5-7-16(19)29-4/h5-9,14,25H,10-12H2,1-4H3/t14-/m0/s1. The number of hydrogen-bond acceptors (Lipinski definition) is 9. The zero-order chi connectivity index (χ0) is 23.1. The summed E-state index contributed by atoms with van der Waals surface area (Å²) in [6.45, 7) is 3.20. The summed E-state index contributed by atoms with van der Waals surface area (Å²) in [5.41, 5.74) is -0.984. The summed E-state index contributed by atoms with van der Waals surface area (Å²) in [5.74, 6) is 1.90. The molecule has 1 N–H and O–H groups in total. The lowest BCUT2D eigenvalue weighted by Crippen LogP contribution is -2.59. The van der Waals surface area contributed by atoms with E-state index < -0.39 is 26.4 Å². The topological polar surface area (TPSA) is 126 Å². The highest BCUT2D eigenvalue weighted by molar-refractivity contribution is 7.91. The molecule has 1 aromatic carbocycles. The summed E-state index contributed by atoms with van der Waals surface area (Å²) < 4.78 is 49.8. The second-order valence-corrected chi connectivity index (χ2v) is 10.1. The minimum atomic E-state index is -3.83. The zero-order valence-electron chi connectivity index (χ0n) is 18.2. The fraction of sp³-hybridized carbons (Fsp3) is 0.429. The van der Waals surface area contributed by atoms with E-state index >= 15 is 0 Å². The van der Waals surface area contributed by atoms with Gasteiger partial charge in [0.15, 0.2) is 21.4 Å². The first-order chi connectivity index (χ1) is 15.2. The predicted molar refractivity (Wildman–Crippen MR) is 115 cm³/mol. The number of aromatic nitrogens is 3. The van der Waals surface area contributed by atoms with Crippen LogP contribution in [0.15, 0.2) is 34.7 Å². The minimum Gasteiger partial charge on any atom is -0.494 e. The van der Waals surface area contributed by atoms with Gasteiger partial charge < -0.3 is 23.7 Å². The Kier molecular flexibility index (Phi) is 5.74. The number of sulfone groups is 1. The van der Waals surface area contributed by atoms with Crippen LogP contribution in [-0.4, -0.2) is 66.6 Å². The summed E-state index contributed by atoms with van der Waals surface area (Å²) in [6.07, 6.45) is 0. The van der Waals surface area contributed by atoms with E-state index in [1.54, 1.807) is 41.8 Å². The Morgan fingerprint density at radius 2 is 1.81 bits per heavy atom. The van der Waals surface area contributed by atoms with E-state index in [0.717, 1.165) is 0 Å². The van der Waals surface area contributed by atoms with Gasteiger partial charge in [0.05, 0.1) is 32.7 Å². The lowest BCUT2D eigenvalue weighted by atomic mass is 9.99. The van der Waals surface area contributed by atoms with Crippen LogP contribution in [0, 0.1) is 6.92 Å². The molecule has 172 valence electrons. The number of hydrogen-bond donors (Lipinski definition) is 1. The largest absolute Gasteiger partial charge is 0.494 e. The van der Waals surface area contributed by atoms with Crippen molar-refractivity contribution in [2.45, 2.75) is 30.5 Å². The molecule has 3 aromatic rings. The molecule has 1 aliphatic rings. The van der Waals surface area contributed by atoms with E-state index in [-0.39, 0.29) is 19.0 Å². The van der Waals surface area contributed by atoms with Crippen molar-refractivity contribution in [1.29, 1.82) is 0 Å². The summed E-state index contributed by atoms with van der Waals surface area (Å²) in [7, 11) is -0.823. The first-order valence-electron chi connectivity index (χ1n) is 9.94. The van der Waals surface area contributed by atoms with Crippen molar-refractivity contribution in [3.8, 4) is 28.8 Å². The highest BCUT2D eigenvalue weighted by atomic mass is 32.2. The van der Waals surface area contributed by atoms with Crippen LogP contribution in [0.3, 0.4) is 0 Å². The van der Waals surface area contributed by atoms with Crippen LogP contribution in [0.4, 0.5) is 0 Å². The Balaban J connectivity index is 1.88. The number of nitrogens with zero attached hydrogens (tertiary/aromatic N) is 3. The van der Waals surface area contributed by atoms with Gasteiger partial charge in [-0.1, -0.05) is 6.07 Å². The third-order valence-electron chi connectivity index (χ3n) is 5.65. The average Bonchev–Trinajstić information content (AvgIpc) is 3.36. The number of aryl methyl sites for hydroxylation is 1. The summed E-state index contributed by atoms with van der Waals surface area (Å²) in [4.78, 5) is 0. The normalized spacial score (nSPS) is 16.4. The van der Waals surface area contributed by atoms with E-state index in [1.807, 2.05) is 0 Å². The number of furan rings is 1. The zero-order valence-corrected chi connectivity index (χ0v) is 19.0. The van der Waals surface area contributed by atoms with E-state index in [4.69, 9.17) is 18.6 Å². The van der Waals surface area contributed by atoms with Gasteiger partial charge in [-0.05, 0) is 38.1 Å². The van der Waals surface area contributed by atoms with Crippen molar-refractivity contribution < 1.29 is 32.2 Å². The molecule has 2 aromatic heterocycles. The second kappa shape index (κ2) is 8.23. The van der Waals surface area contributed by atoms with Crippen molar-refractivity contribution in [2.75, 3.05) is 27.4 Å². The first-order valence-corrected chi connectivity index (χ1v) is 11.7. The monoisotopic (exact) mass is 463 g/mol. The van der Waals surface area contributed by atoms with Gasteiger partial charge in [0.2, 0.25) is 5.82 Å². The molecule has 11 heteroatoms. The molecule has 0 radical (unpaired) electrons. The molecular formula is C21H25N3O7S. The van der Waals surface area contributed by atoms with Gasteiger partial charge >= 0.3 is 0 Å². The van der Waals surface area contributed by atoms with E-state index in [1.165, 1.54) is 21.1 Å². The van der Waals surface area contributed by atoms with Gasteiger partial charge in [-0.3, -0.25) is 4.57 Å². The molecular weight excluding hydrogens is 438 g/mol. The van der Waals surface area contributed by atoms with Crippen LogP contribution >= 0.6 is 0 Å². The van der Waals surface area contributed by atoms with Crippen molar-refractivity contribution >= 4 is 9.84 Å². The Morgan fingerprint density at radius 3 is 2.31 bits per heavy atom. The molecule has 1 fully saturated rings. The van der Waals surface area contributed by atoms with Crippen molar-refractivity contribution in [2.24, 2.45) is 0 Å². The Labute approximate surface area is 185 Å². The van der Waals surface area contributed by atoms with Gasteiger partial charge in [-0.25, -0.2) is 8.42 Å². The second-order valence-electron chi connectivity index (χ2n) is 7.74. The molecule has 0 spiro atoms. The van der Waals surface area contributed by atoms with Gasteiger partial charge in [0, 0.05) is 0 Å². The highest BCUT2D eigenvalue weighted by Crippen LogP contribution is 2.37. The number of rotatable bonds is 8. The van der Waals surface area contributed by atoms with Gasteiger partial charge in [0.25, 0.3) is 0 Å². The summed E-state index contributed by atoms with van der Waals surface area (Å²) in [6, 6.07) is 8.72. The number of aliphatic hydroxyl groups is 1. The van der Waals surface area contributed by atoms with Crippen molar-refractivity contribution in [1.82, 2.24) is 14.8 Å². The third kappa shape index (κ3) is 3.76. The fourth-order valence-corrected chi connectivity index (χ4v) is 5.20. The fourth-order valence-electron chi connectivity index (χ4n) is 3.60. The van der Waals surface area contributed by atoms with Crippen LogP contribution in [0.5, 0.6) is 11.5 Å². The molecule has 0 unspecified atom stereocenters. The molecule has 0 saturated carbocycles. The van der Waals surface area contributed by atoms with Crippen LogP contribution < -0.4 is 9.47 Å². The number of benzene rings is 1. The molecule has 0 bridgehead atoms. The highest BCUT2D eigenvalue weighted by Gasteiger charge is 2.48. The van der Waals surface area contributed by atoms with Crippen LogP contribution in [0.1, 0.15) is 18.5 Å².